The molecule has 2 N–H and O–H groups in total. The number of amides is 1. The molecule has 5 nitrogen and oxygen atoms in total. The van der Waals surface area contributed by atoms with E-state index in [1.54, 1.807) is 18.2 Å². The molecule has 120 valence electrons. The van der Waals surface area contributed by atoms with Gasteiger partial charge in [0.25, 0.3) is 5.91 Å². The second kappa shape index (κ2) is 7.15. The molecular formula is C16H16Cl2N4O. The predicted molar refractivity (Wildman–Crippen MR) is 91.5 cm³/mol. The molecule has 1 saturated carbocycles. The van der Waals surface area contributed by atoms with Crippen molar-refractivity contribution in [2.24, 2.45) is 0 Å². The summed E-state index contributed by atoms with van der Waals surface area (Å²) >= 11 is 11.9. The average molecular weight is 351 g/mol. The molecule has 1 aromatic carbocycles. The van der Waals surface area contributed by atoms with Crippen molar-refractivity contribution in [2.75, 3.05) is 5.32 Å². The normalized spacial score (nSPS) is 14.7. The van der Waals surface area contributed by atoms with E-state index in [9.17, 15) is 4.79 Å². The van der Waals surface area contributed by atoms with Gasteiger partial charge < -0.3 is 10.6 Å². The van der Waals surface area contributed by atoms with E-state index in [1.807, 2.05) is 0 Å². The van der Waals surface area contributed by atoms with E-state index in [4.69, 9.17) is 23.2 Å². The maximum atomic E-state index is 12.1. The summed E-state index contributed by atoms with van der Waals surface area (Å²) in [4.78, 5) is 20.4. The highest BCUT2D eigenvalue weighted by molar-refractivity contribution is 6.36. The van der Waals surface area contributed by atoms with Crippen molar-refractivity contribution < 1.29 is 4.79 Å². The van der Waals surface area contributed by atoms with Gasteiger partial charge in [-0.3, -0.25) is 4.79 Å². The molecule has 3 rings (SSSR count). The highest BCUT2D eigenvalue weighted by atomic mass is 35.5. The van der Waals surface area contributed by atoms with E-state index >= 15 is 0 Å². The van der Waals surface area contributed by atoms with Gasteiger partial charge in [-0.2, -0.15) is 0 Å². The molecule has 0 atom stereocenters. The minimum Gasteiger partial charge on any atom is -0.349 e. The Morgan fingerprint density at radius 3 is 2.48 bits per heavy atom. The van der Waals surface area contributed by atoms with Crippen LogP contribution < -0.4 is 10.6 Å². The minimum absolute atomic E-state index is 0.132. The lowest BCUT2D eigenvalue weighted by Gasteiger charge is -2.12. The number of aromatic nitrogens is 2. The monoisotopic (exact) mass is 350 g/mol. The Morgan fingerprint density at radius 2 is 1.83 bits per heavy atom. The number of carbonyl (C=O) groups is 1. The third kappa shape index (κ3) is 4.12. The molecule has 23 heavy (non-hydrogen) atoms. The first kappa shape index (κ1) is 16.0. The van der Waals surface area contributed by atoms with Crippen LogP contribution in [-0.4, -0.2) is 21.9 Å². The number of benzene rings is 1. The molecule has 0 spiro atoms. The van der Waals surface area contributed by atoms with Gasteiger partial charge in [0.2, 0.25) is 5.95 Å². The van der Waals surface area contributed by atoms with E-state index in [0.717, 1.165) is 12.8 Å². The van der Waals surface area contributed by atoms with E-state index in [0.29, 0.717) is 27.2 Å². The van der Waals surface area contributed by atoms with Gasteiger partial charge in [-0.05, 0) is 31.0 Å². The van der Waals surface area contributed by atoms with Gasteiger partial charge >= 0.3 is 0 Å². The first-order valence-electron chi connectivity index (χ1n) is 7.47. The van der Waals surface area contributed by atoms with Gasteiger partial charge in [0.1, 0.15) is 0 Å². The van der Waals surface area contributed by atoms with Crippen molar-refractivity contribution in [3.05, 3.63) is 46.2 Å². The minimum atomic E-state index is -0.132. The number of anilines is 2. The van der Waals surface area contributed by atoms with Crippen molar-refractivity contribution in [3.8, 4) is 0 Å². The van der Waals surface area contributed by atoms with Crippen LogP contribution in [0, 0.1) is 0 Å². The SMILES string of the molecule is O=C(NC1CCCC1)c1cnc(Nc2ccc(Cl)cc2Cl)nc1. The number of nitrogens with one attached hydrogen (secondary N) is 2. The van der Waals surface area contributed by atoms with Crippen molar-refractivity contribution in [1.29, 1.82) is 0 Å². The van der Waals surface area contributed by atoms with E-state index in [-0.39, 0.29) is 11.9 Å². The topological polar surface area (TPSA) is 66.9 Å². The first-order valence-corrected chi connectivity index (χ1v) is 8.22. The summed E-state index contributed by atoms with van der Waals surface area (Å²) in [6, 6.07) is 5.37. The Bertz CT molecular complexity index is 700. The van der Waals surface area contributed by atoms with Crippen LogP contribution in [0.4, 0.5) is 11.6 Å². The molecule has 1 aliphatic carbocycles. The van der Waals surface area contributed by atoms with Crippen LogP contribution in [0.3, 0.4) is 0 Å². The molecule has 1 heterocycles. The second-order valence-electron chi connectivity index (χ2n) is 5.50. The Kier molecular flexibility index (Phi) is 4.98. The summed E-state index contributed by atoms with van der Waals surface area (Å²) in [7, 11) is 0. The number of nitrogens with zero attached hydrogens (tertiary/aromatic N) is 2. The molecule has 1 amide bonds. The van der Waals surface area contributed by atoms with E-state index in [2.05, 4.69) is 20.6 Å². The molecule has 0 radical (unpaired) electrons. The Balaban J connectivity index is 1.65. The fraction of sp³-hybridized carbons (Fsp3) is 0.312. The van der Waals surface area contributed by atoms with Crippen LogP contribution in [0.5, 0.6) is 0 Å². The Hall–Kier alpha value is -1.85. The summed E-state index contributed by atoms with van der Waals surface area (Å²) < 4.78 is 0. The van der Waals surface area contributed by atoms with Crippen molar-refractivity contribution in [3.63, 3.8) is 0 Å². The molecule has 7 heteroatoms. The smallest absolute Gasteiger partial charge is 0.254 e. The Morgan fingerprint density at radius 1 is 1.13 bits per heavy atom. The van der Waals surface area contributed by atoms with Gasteiger partial charge in [0.05, 0.1) is 16.3 Å². The predicted octanol–water partition coefficient (Wildman–Crippen LogP) is 4.20. The van der Waals surface area contributed by atoms with Crippen LogP contribution in [0.2, 0.25) is 10.0 Å². The third-order valence-corrected chi connectivity index (χ3v) is 4.33. The highest BCUT2D eigenvalue weighted by Crippen LogP contribution is 2.27. The third-order valence-electron chi connectivity index (χ3n) is 3.78. The number of hydrogen-bond donors (Lipinski definition) is 2. The zero-order chi connectivity index (χ0) is 16.2. The summed E-state index contributed by atoms with van der Waals surface area (Å²) in [5.74, 6) is 0.236. The van der Waals surface area contributed by atoms with Crippen LogP contribution >= 0.6 is 23.2 Å². The maximum absolute atomic E-state index is 12.1. The first-order chi connectivity index (χ1) is 11.1. The van der Waals surface area contributed by atoms with Crippen molar-refractivity contribution >= 4 is 40.7 Å². The van der Waals surface area contributed by atoms with Gasteiger partial charge in [-0.1, -0.05) is 36.0 Å². The van der Waals surface area contributed by atoms with Gasteiger partial charge in [-0.15, -0.1) is 0 Å². The lowest BCUT2D eigenvalue weighted by atomic mass is 10.2. The summed E-state index contributed by atoms with van der Waals surface area (Å²) in [6.45, 7) is 0. The van der Waals surface area contributed by atoms with Crippen LogP contribution in [-0.2, 0) is 0 Å². The van der Waals surface area contributed by atoms with Crippen LogP contribution in [0.1, 0.15) is 36.0 Å². The Labute approximate surface area is 144 Å². The van der Waals surface area contributed by atoms with Gasteiger partial charge in [0, 0.05) is 23.5 Å². The largest absolute Gasteiger partial charge is 0.349 e. The fourth-order valence-corrected chi connectivity index (χ4v) is 3.02. The zero-order valence-electron chi connectivity index (χ0n) is 12.4. The fourth-order valence-electron chi connectivity index (χ4n) is 2.56. The van der Waals surface area contributed by atoms with Gasteiger partial charge in [-0.25, -0.2) is 9.97 Å². The molecule has 0 bridgehead atoms. The molecule has 1 fully saturated rings. The zero-order valence-corrected chi connectivity index (χ0v) is 13.9. The molecule has 0 unspecified atom stereocenters. The molecule has 1 aromatic heterocycles. The summed E-state index contributed by atoms with van der Waals surface area (Å²) in [5.41, 5.74) is 1.10. The molecule has 0 saturated heterocycles. The van der Waals surface area contributed by atoms with Crippen LogP contribution in [0.25, 0.3) is 0 Å². The van der Waals surface area contributed by atoms with Gasteiger partial charge in [0.15, 0.2) is 0 Å². The lowest BCUT2D eigenvalue weighted by molar-refractivity contribution is 0.0937. The molecular weight excluding hydrogens is 335 g/mol. The number of carbonyl (C=O) groups excluding carboxylic acids is 1. The van der Waals surface area contributed by atoms with Crippen molar-refractivity contribution in [2.45, 2.75) is 31.7 Å². The number of halogens is 2. The quantitative estimate of drug-likeness (QED) is 0.866. The summed E-state index contributed by atoms with van der Waals surface area (Å²) in [6.07, 6.45) is 7.44. The second-order valence-corrected chi connectivity index (χ2v) is 6.34. The van der Waals surface area contributed by atoms with Crippen LogP contribution in [0.15, 0.2) is 30.6 Å². The molecule has 0 aliphatic heterocycles. The number of hydrogen-bond acceptors (Lipinski definition) is 4. The number of rotatable bonds is 4. The van der Waals surface area contributed by atoms with E-state index in [1.165, 1.54) is 25.2 Å². The summed E-state index contributed by atoms with van der Waals surface area (Å²) in [5, 5.41) is 7.03. The lowest BCUT2D eigenvalue weighted by Crippen LogP contribution is -2.32. The van der Waals surface area contributed by atoms with Crippen molar-refractivity contribution in [1.82, 2.24) is 15.3 Å². The standard InChI is InChI=1S/C16H16Cl2N4O/c17-11-5-6-14(13(18)7-11)22-16-19-8-10(9-20-16)15(23)21-12-3-1-2-4-12/h5-9,12H,1-4H2,(H,21,23)(H,19,20,22). The van der Waals surface area contributed by atoms with E-state index < -0.39 is 0 Å². The average Bonchev–Trinajstić information content (AvgIpc) is 3.04. The highest BCUT2D eigenvalue weighted by Gasteiger charge is 2.18. The maximum Gasteiger partial charge on any atom is 0.254 e. The molecule has 2 aromatic rings. The molecule has 1 aliphatic rings.